The number of unbranched alkanes of at least 4 members (excludes halogenated alkanes) is 6. The van der Waals surface area contributed by atoms with Crippen LogP contribution in [0.1, 0.15) is 89.0 Å². The van der Waals surface area contributed by atoms with Crippen LogP contribution in [0.5, 0.6) is 5.75 Å². The molecule has 2 rings (SSSR count). The average molecular weight is 365 g/mol. The molecule has 1 saturated carbocycles. The van der Waals surface area contributed by atoms with Gasteiger partial charge in [-0.15, -0.1) is 0 Å². The molecule has 1 fully saturated rings. The molecule has 0 amide bonds. The summed E-state index contributed by atoms with van der Waals surface area (Å²) < 4.78 is 5.86. The third-order valence-electron chi connectivity index (χ3n) is 5.42. The zero-order chi connectivity index (χ0) is 17.9. The fourth-order valence-electron chi connectivity index (χ4n) is 3.74. The highest BCUT2D eigenvalue weighted by molar-refractivity contribution is 6.63. The predicted octanol–water partition coefficient (Wildman–Crippen LogP) is 6.86. The number of benzene rings is 1. The Bertz CT molecular complexity index is 489. The minimum absolute atomic E-state index is 0.0718. The first-order valence-electron chi connectivity index (χ1n) is 10.1. The van der Waals surface area contributed by atoms with E-state index in [0.29, 0.717) is 5.92 Å². The first-order valence-corrected chi connectivity index (χ1v) is 10.5. The maximum Gasteiger partial charge on any atom is 0.224 e. The zero-order valence-electron chi connectivity index (χ0n) is 15.6. The quantitative estimate of drug-likeness (QED) is 0.317. The molecule has 1 aromatic carbocycles. The van der Waals surface area contributed by atoms with Crippen molar-refractivity contribution in [1.82, 2.24) is 0 Å². The topological polar surface area (TPSA) is 26.3 Å². The Kier molecular flexibility index (Phi) is 9.39. The molecule has 1 aliphatic carbocycles. The van der Waals surface area contributed by atoms with Gasteiger partial charge < -0.3 is 4.74 Å². The molecule has 0 unspecified atom stereocenters. The number of hydrogen-bond acceptors (Lipinski definition) is 2. The standard InChI is InChI=1S/C22H33ClO2/c1-2-3-4-5-6-7-8-17-25-21-15-13-19(14-16-21)18-9-11-20(12-10-18)22(23)24/h13-16,18,20H,2-12,17H2,1H3. The Labute approximate surface area is 158 Å². The summed E-state index contributed by atoms with van der Waals surface area (Å²) in [6.45, 7) is 3.07. The predicted molar refractivity (Wildman–Crippen MR) is 105 cm³/mol. The highest BCUT2D eigenvalue weighted by Crippen LogP contribution is 2.37. The van der Waals surface area contributed by atoms with Crippen LogP contribution in [-0.4, -0.2) is 11.8 Å². The van der Waals surface area contributed by atoms with Crippen molar-refractivity contribution < 1.29 is 9.53 Å². The molecule has 2 nitrogen and oxygen atoms in total. The molecule has 140 valence electrons. The zero-order valence-corrected chi connectivity index (χ0v) is 16.4. The lowest BCUT2D eigenvalue weighted by atomic mass is 9.79. The minimum Gasteiger partial charge on any atom is -0.494 e. The maximum atomic E-state index is 11.2. The molecule has 0 spiro atoms. The van der Waals surface area contributed by atoms with E-state index >= 15 is 0 Å². The first kappa shape index (κ1) is 20.3. The molecule has 0 aliphatic heterocycles. The summed E-state index contributed by atoms with van der Waals surface area (Å²) >= 11 is 5.62. The number of ether oxygens (including phenoxy) is 1. The van der Waals surface area contributed by atoms with Gasteiger partial charge in [-0.2, -0.15) is 0 Å². The molecule has 0 heterocycles. The molecule has 0 N–H and O–H groups in total. The summed E-state index contributed by atoms with van der Waals surface area (Å²) in [7, 11) is 0. The molecule has 0 atom stereocenters. The van der Waals surface area contributed by atoms with Gasteiger partial charge in [-0.25, -0.2) is 0 Å². The largest absolute Gasteiger partial charge is 0.494 e. The molecule has 0 aromatic heterocycles. The van der Waals surface area contributed by atoms with Gasteiger partial charge in [0.15, 0.2) is 0 Å². The van der Waals surface area contributed by atoms with E-state index in [0.717, 1.165) is 44.5 Å². The van der Waals surface area contributed by atoms with Crippen molar-refractivity contribution in [2.24, 2.45) is 5.92 Å². The molecule has 1 aliphatic rings. The molecular weight excluding hydrogens is 332 g/mol. The normalized spacial score (nSPS) is 20.4. The summed E-state index contributed by atoms with van der Waals surface area (Å²) in [6.07, 6.45) is 13.1. The van der Waals surface area contributed by atoms with E-state index in [1.165, 1.54) is 44.1 Å². The van der Waals surface area contributed by atoms with Gasteiger partial charge in [-0.1, -0.05) is 57.6 Å². The van der Waals surface area contributed by atoms with Gasteiger partial charge in [0, 0.05) is 5.92 Å². The molecule has 0 bridgehead atoms. The number of hydrogen-bond donors (Lipinski definition) is 0. The molecule has 25 heavy (non-hydrogen) atoms. The van der Waals surface area contributed by atoms with Crippen molar-refractivity contribution in [2.45, 2.75) is 83.5 Å². The smallest absolute Gasteiger partial charge is 0.224 e. The van der Waals surface area contributed by atoms with E-state index < -0.39 is 0 Å². The van der Waals surface area contributed by atoms with Crippen molar-refractivity contribution in [3.63, 3.8) is 0 Å². The second-order valence-corrected chi connectivity index (χ2v) is 7.76. The SMILES string of the molecule is CCCCCCCCCOc1ccc(C2CCC(C(=O)Cl)CC2)cc1. The van der Waals surface area contributed by atoms with Crippen LogP contribution in [0.3, 0.4) is 0 Å². The Morgan fingerprint density at radius 2 is 1.56 bits per heavy atom. The van der Waals surface area contributed by atoms with E-state index in [4.69, 9.17) is 16.3 Å². The summed E-state index contributed by atoms with van der Waals surface area (Å²) in [5, 5.41) is -0.160. The second kappa shape index (κ2) is 11.6. The molecular formula is C22H33ClO2. The Morgan fingerprint density at radius 1 is 0.960 bits per heavy atom. The van der Waals surface area contributed by atoms with Crippen molar-refractivity contribution in [3.05, 3.63) is 29.8 Å². The van der Waals surface area contributed by atoms with Crippen LogP contribution in [-0.2, 0) is 4.79 Å². The lowest BCUT2D eigenvalue weighted by Crippen LogP contribution is -2.17. The van der Waals surface area contributed by atoms with Gasteiger partial charge in [0.05, 0.1) is 6.61 Å². The maximum absolute atomic E-state index is 11.2. The molecule has 3 heteroatoms. The lowest BCUT2D eigenvalue weighted by molar-refractivity contribution is -0.116. The summed E-state index contributed by atoms with van der Waals surface area (Å²) in [6, 6.07) is 8.56. The Hall–Kier alpha value is -1.02. The molecule has 1 aromatic rings. The van der Waals surface area contributed by atoms with Crippen molar-refractivity contribution in [3.8, 4) is 5.75 Å². The van der Waals surface area contributed by atoms with Crippen LogP contribution in [0.15, 0.2) is 24.3 Å². The van der Waals surface area contributed by atoms with Crippen LogP contribution < -0.4 is 4.74 Å². The number of halogens is 1. The van der Waals surface area contributed by atoms with Gasteiger partial charge in [0.25, 0.3) is 0 Å². The van der Waals surface area contributed by atoms with Crippen LogP contribution >= 0.6 is 11.6 Å². The van der Waals surface area contributed by atoms with E-state index in [1.54, 1.807) is 0 Å². The number of rotatable bonds is 11. The van der Waals surface area contributed by atoms with E-state index in [-0.39, 0.29) is 11.2 Å². The highest BCUT2D eigenvalue weighted by atomic mass is 35.5. The summed E-state index contributed by atoms with van der Waals surface area (Å²) in [5.74, 6) is 1.60. The van der Waals surface area contributed by atoms with E-state index in [1.807, 2.05) is 0 Å². The molecule has 0 saturated heterocycles. The van der Waals surface area contributed by atoms with Gasteiger partial charge in [0.2, 0.25) is 5.24 Å². The summed E-state index contributed by atoms with van der Waals surface area (Å²) in [4.78, 5) is 11.2. The van der Waals surface area contributed by atoms with E-state index in [9.17, 15) is 4.79 Å². The second-order valence-electron chi connectivity index (χ2n) is 7.39. The fraction of sp³-hybridized carbons (Fsp3) is 0.682. The van der Waals surface area contributed by atoms with Crippen LogP contribution in [0.4, 0.5) is 0 Å². The van der Waals surface area contributed by atoms with Gasteiger partial charge >= 0.3 is 0 Å². The highest BCUT2D eigenvalue weighted by Gasteiger charge is 2.25. The van der Waals surface area contributed by atoms with Crippen molar-refractivity contribution >= 4 is 16.8 Å². The first-order chi connectivity index (χ1) is 12.2. The van der Waals surface area contributed by atoms with Crippen LogP contribution in [0, 0.1) is 5.92 Å². The fourth-order valence-corrected chi connectivity index (χ4v) is 3.96. The van der Waals surface area contributed by atoms with E-state index in [2.05, 4.69) is 31.2 Å². The van der Waals surface area contributed by atoms with Crippen LogP contribution in [0.25, 0.3) is 0 Å². The monoisotopic (exact) mass is 364 g/mol. The average Bonchev–Trinajstić information content (AvgIpc) is 2.64. The third kappa shape index (κ3) is 7.40. The van der Waals surface area contributed by atoms with Crippen molar-refractivity contribution in [2.75, 3.05) is 6.61 Å². The van der Waals surface area contributed by atoms with Crippen molar-refractivity contribution in [1.29, 1.82) is 0 Å². The number of carbonyl (C=O) groups is 1. The van der Waals surface area contributed by atoms with Gasteiger partial charge in [0.1, 0.15) is 5.75 Å². The third-order valence-corrected chi connectivity index (χ3v) is 5.72. The molecule has 0 radical (unpaired) electrons. The summed E-state index contributed by atoms with van der Waals surface area (Å²) in [5.41, 5.74) is 1.36. The van der Waals surface area contributed by atoms with Crippen LogP contribution in [0.2, 0.25) is 0 Å². The van der Waals surface area contributed by atoms with Gasteiger partial charge in [-0.05, 0) is 67.3 Å². The lowest BCUT2D eigenvalue weighted by Gasteiger charge is -2.26. The minimum atomic E-state index is -0.160. The Morgan fingerprint density at radius 3 is 2.16 bits per heavy atom. The van der Waals surface area contributed by atoms with Gasteiger partial charge in [-0.3, -0.25) is 4.79 Å². The Balaban J connectivity index is 1.62. The number of carbonyl (C=O) groups excluding carboxylic acids is 1.